The van der Waals surface area contributed by atoms with E-state index in [1.54, 1.807) is 6.92 Å². The molecule has 0 heterocycles. The molecule has 0 aliphatic heterocycles. The molecule has 0 radical (unpaired) electrons. The quantitative estimate of drug-likeness (QED) is 0.757. The summed E-state index contributed by atoms with van der Waals surface area (Å²) in [6.07, 6.45) is -5.92. The zero-order chi connectivity index (χ0) is 13.0. The largest absolute Gasteiger partial charge is 0.463 e. The van der Waals surface area contributed by atoms with Crippen LogP contribution in [-0.2, 0) is 15.6 Å². The van der Waals surface area contributed by atoms with E-state index in [0.29, 0.717) is 0 Å². The second kappa shape index (κ2) is 5.55. The molecule has 1 unspecified atom stereocenters. The third-order valence-electron chi connectivity index (χ3n) is 1.58. The highest BCUT2D eigenvalue weighted by molar-refractivity contribution is 7.84. The molecule has 0 rings (SSSR count). The van der Waals surface area contributed by atoms with Crippen molar-refractivity contribution in [2.75, 3.05) is 18.1 Å². The third-order valence-corrected chi connectivity index (χ3v) is 2.88. The maximum Gasteiger partial charge on any atom is 0.463 e. The van der Waals surface area contributed by atoms with Crippen molar-refractivity contribution < 1.29 is 31.0 Å². The molecule has 96 valence electrons. The standard InChI is InChI=1S/C7H10F5NO2S/c1-2-16(15)4-3-13-5(14)6(8,9)7(10,11)12/h2-4H2,1H3,(H,13,14). The molecule has 1 N–H and O–H groups in total. The van der Waals surface area contributed by atoms with Crippen LogP contribution in [0.25, 0.3) is 0 Å². The van der Waals surface area contributed by atoms with Gasteiger partial charge in [0, 0.05) is 28.9 Å². The summed E-state index contributed by atoms with van der Waals surface area (Å²) in [6.45, 7) is 1.08. The van der Waals surface area contributed by atoms with E-state index in [4.69, 9.17) is 0 Å². The molecule has 0 aliphatic carbocycles. The first kappa shape index (κ1) is 15.3. The van der Waals surface area contributed by atoms with Gasteiger partial charge in [-0.2, -0.15) is 22.0 Å². The molecule has 0 saturated carbocycles. The molecule has 0 aromatic rings. The van der Waals surface area contributed by atoms with Crippen molar-refractivity contribution in [3.63, 3.8) is 0 Å². The molecule has 0 spiro atoms. The second-order valence-corrected chi connectivity index (χ2v) is 4.63. The third kappa shape index (κ3) is 4.03. The highest BCUT2D eigenvalue weighted by atomic mass is 32.2. The number of rotatable bonds is 5. The Kier molecular flexibility index (Phi) is 5.30. The van der Waals surface area contributed by atoms with Crippen LogP contribution in [0, 0.1) is 0 Å². The van der Waals surface area contributed by atoms with Crippen LogP contribution in [0.5, 0.6) is 0 Å². The first-order valence-corrected chi connectivity index (χ1v) is 5.69. The van der Waals surface area contributed by atoms with Crippen molar-refractivity contribution >= 4 is 16.7 Å². The molecule has 1 amide bonds. The van der Waals surface area contributed by atoms with Crippen LogP contribution in [0.1, 0.15) is 6.92 Å². The van der Waals surface area contributed by atoms with Crippen molar-refractivity contribution in [2.45, 2.75) is 19.0 Å². The first-order chi connectivity index (χ1) is 7.13. The minimum atomic E-state index is -5.92. The van der Waals surface area contributed by atoms with Gasteiger partial charge in [-0.3, -0.25) is 9.00 Å². The first-order valence-electron chi connectivity index (χ1n) is 4.20. The fraction of sp³-hybridized carbons (Fsp3) is 0.857. The number of amides is 1. The number of alkyl halides is 5. The van der Waals surface area contributed by atoms with Crippen molar-refractivity contribution in [3.05, 3.63) is 0 Å². The van der Waals surface area contributed by atoms with E-state index in [0.717, 1.165) is 0 Å². The maximum atomic E-state index is 12.3. The summed E-state index contributed by atoms with van der Waals surface area (Å²) in [5, 5.41) is 1.39. The highest BCUT2D eigenvalue weighted by Gasteiger charge is 2.63. The van der Waals surface area contributed by atoms with Crippen LogP contribution in [-0.4, -0.2) is 40.3 Å². The highest BCUT2D eigenvalue weighted by Crippen LogP contribution is 2.35. The van der Waals surface area contributed by atoms with Gasteiger partial charge in [-0.05, 0) is 0 Å². The maximum absolute atomic E-state index is 12.3. The van der Waals surface area contributed by atoms with Gasteiger partial charge in [-0.25, -0.2) is 0 Å². The summed E-state index contributed by atoms with van der Waals surface area (Å²) in [5.41, 5.74) is 0. The Morgan fingerprint density at radius 3 is 2.12 bits per heavy atom. The van der Waals surface area contributed by atoms with E-state index < -0.39 is 35.4 Å². The smallest absolute Gasteiger partial charge is 0.350 e. The number of carbonyl (C=O) groups is 1. The van der Waals surface area contributed by atoms with Gasteiger partial charge in [0.1, 0.15) is 0 Å². The molecule has 0 saturated heterocycles. The lowest BCUT2D eigenvalue weighted by Gasteiger charge is -2.18. The van der Waals surface area contributed by atoms with Crippen molar-refractivity contribution in [3.8, 4) is 0 Å². The lowest BCUT2D eigenvalue weighted by molar-refractivity contribution is -0.269. The normalized spacial score (nSPS) is 14.6. The van der Waals surface area contributed by atoms with Gasteiger partial charge in [0.2, 0.25) is 0 Å². The van der Waals surface area contributed by atoms with E-state index in [-0.39, 0.29) is 11.5 Å². The van der Waals surface area contributed by atoms with Crippen LogP contribution in [0.2, 0.25) is 0 Å². The van der Waals surface area contributed by atoms with E-state index >= 15 is 0 Å². The van der Waals surface area contributed by atoms with Crippen molar-refractivity contribution in [1.82, 2.24) is 5.32 Å². The molecular weight excluding hydrogens is 257 g/mol. The summed E-state index contributed by atoms with van der Waals surface area (Å²) in [4.78, 5) is 10.5. The Morgan fingerprint density at radius 1 is 1.25 bits per heavy atom. The molecular formula is C7H10F5NO2S. The molecule has 1 atom stereocenters. The average Bonchev–Trinajstić information content (AvgIpc) is 2.15. The van der Waals surface area contributed by atoms with Gasteiger partial charge in [0.15, 0.2) is 0 Å². The van der Waals surface area contributed by atoms with Crippen LogP contribution in [0.3, 0.4) is 0 Å². The predicted octanol–water partition coefficient (Wildman–Crippen LogP) is 1.07. The molecule has 0 aromatic heterocycles. The van der Waals surface area contributed by atoms with Crippen molar-refractivity contribution in [1.29, 1.82) is 0 Å². The molecule has 0 bridgehead atoms. The minimum absolute atomic E-state index is 0.157. The number of carbonyl (C=O) groups excluding carboxylic acids is 1. The summed E-state index contributed by atoms with van der Waals surface area (Å²) >= 11 is 0. The Morgan fingerprint density at radius 2 is 1.75 bits per heavy atom. The monoisotopic (exact) mass is 267 g/mol. The lowest BCUT2D eigenvalue weighted by atomic mass is 10.3. The number of hydrogen-bond donors (Lipinski definition) is 1. The topological polar surface area (TPSA) is 46.2 Å². The van der Waals surface area contributed by atoms with Crippen LogP contribution >= 0.6 is 0 Å². The Bertz CT molecular complexity index is 278. The van der Waals surface area contributed by atoms with Gasteiger partial charge in [0.05, 0.1) is 0 Å². The van der Waals surface area contributed by atoms with E-state index in [1.807, 2.05) is 0 Å². The van der Waals surface area contributed by atoms with Crippen LogP contribution < -0.4 is 5.32 Å². The second-order valence-electron chi connectivity index (χ2n) is 2.76. The summed E-state index contributed by atoms with van der Waals surface area (Å²) in [7, 11) is -1.33. The molecule has 0 aliphatic rings. The molecule has 16 heavy (non-hydrogen) atoms. The van der Waals surface area contributed by atoms with Gasteiger partial charge < -0.3 is 5.32 Å². The van der Waals surface area contributed by atoms with E-state index in [1.165, 1.54) is 5.32 Å². The molecule has 0 fully saturated rings. The van der Waals surface area contributed by atoms with Crippen LogP contribution in [0.4, 0.5) is 22.0 Å². The van der Waals surface area contributed by atoms with E-state index in [9.17, 15) is 31.0 Å². The zero-order valence-electron chi connectivity index (χ0n) is 8.24. The van der Waals surface area contributed by atoms with E-state index in [2.05, 4.69) is 0 Å². The predicted molar refractivity (Wildman–Crippen MR) is 47.6 cm³/mol. The number of nitrogens with one attached hydrogen (secondary N) is 1. The fourth-order valence-electron chi connectivity index (χ4n) is 0.662. The lowest BCUT2D eigenvalue weighted by Crippen LogP contribution is -2.51. The SMILES string of the molecule is CCS(=O)CCNC(=O)C(F)(F)C(F)(F)F. The molecule has 9 heteroatoms. The fourth-order valence-corrected chi connectivity index (χ4v) is 1.28. The molecule has 3 nitrogen and oxygen atoms in total. The summed E-state index contributed by atoms with van der Waals surface area (Å²) in [6, 6.07) is 0. The van der Waals surface area contributed by atoms with Gasteiger partial charge in [-0.15, -0.1) is 0 Å². The van der Waals surface area contributed by atoms with Gasteiger partial charge >= 0.3 is 12.1 Å². The Balaban J connectivity index is 4.22. The van der Waals surface area contributed by atoms with Gasteiger partial charge in [0.25, 0.3) is 5.91 Å². The Labute approximate surface area is 90.8 Å². The molecule has 0 aromatic carbocycles. The Hall–Kier alpha value is -0.730. The average molecular weight is 267 g/mol. The summed E-state index contributed by atoms with van der Waals surface area (Å²) in [5.74, 6) is -7.75. The van der Waals surface area contributed by atoms with Crippen LogP contribution in [0.15, 0.2) is 0 Å². The number of halogens is 5. The van der Waals surface area contributed by atoms with Gasteiger partial charge in [-0.1, -0.05) is 6.92 Å². The van der Waals surface area contributed by atoms with Crippen molar-refractivity contribution in [2.24, 2.45) is 0 Å². The summed E-state index contributed by atoms with van der Waals surface area (Å²) < 4.78 is 70.4. The minimum Gasteiger partial charge on any atom is -0.350 e. The number of hydrogen-bond acceptors (Lipinski definition) is 2. The zero-order valence-corrected chi connectivity index (χ0v) is 9.05.